The quantitative estimate of drug-likeness (QED) is 0.441. The first-order chi connectivity index (χ1) is 16.4. The lowest BCUT2D eigenvalue weighted by Crippen LogP contribution is -2.64. The lowest BCUT2D eigenvalue weighted by molar-refractivity contribution is -0.135. The molecule has 0 bridgehead atoms. The van der Waals surface area contributed by atoms with Crippen molar-refractivity contribution in [3.05, 3.63) is 47.7 Å². The maximum atomic E-state index is 12.9. The molecule has 10 heteroatoms. The van der Waals surface area contributed by atoms with Crippen LogP contribution in [0, 0.1) is 6.92 Å². The van der Waals surface area contributed by atoms with E-state index in [-0.39, 0.29) is 12.5 Å². The van der Waals surface area contributed by atoms with Crippen molar-refractivity contribution in [2.75, 3.05) is 60.1 Å². The molecule has 3 aliphatic heterocycles. The summed E-state index contributed by atoms with van der Waals surface area (Å²) in [6, 6.07) is 6.91. The number of nitrogens with zero attached hydrogens (tertiary/aromatic N) is 6. The van der Waals surface area contributed by atoms with E-state index in [2.05, 4.69) is 16.5 Å². The molecule has 2 fully saturated rings. The molecular formula is C24H32N6O4. The summed E-state index contributed by atoms with van der Waals surface area (Å²) in [6.45, 7) is 10.7. The van der Waals surface area contributed by atoms with Crippen molar-refractivity contribution < 1.29 is 19.1 Å². The van der Waals surface area contributed by atoms with Crippen LogP contribution in [0.2, 0.25) is 0 Å². The van der Waals surface area contributed by atoms with Crippen LogP contribution in [-0.2, 0) is 14.3 Å². The van der Waals surface area contributed by atoms with Crippen molar-refractivity contribution in [2.24, 2.45) is 9.98 Å². The molecule has 34 heavy (non-hydrogen) atoms. The van der Waals surface area contributed by atoms with Crippen LogP contribution in [0.5, 0.6) is 0 Å². The number of carbonyl (C=O) groups is 2. The number of carbonyl (C=O) groups excluding carboxylic acids is 2. The van der Waals surface area contributed by atoms with Crippen molar-refractivity contribution in [1.29, 1.82) is 0 Å². The molecule has 10 nitrogen and oxygen atoms in total. The van der Waals surface area contributed by atoms with E-state index in [4.69, 9.17) is 14.5 Å². The molecule has 182 valence electrons. The van der Waals surface area contributed by atoms with Gasteiger partial charge in [-0.05, 0) is 18.6 Å². The number of aliphatic imine (C=N–C) groups is 2. The third kappa shape index (κ3) is 4.97. The van der Waals surface area contributed by atoms with Gasteiger partial charge in [0.15, 0.2) is 12.2 Å². The number of morpholine rings is 1. The topological polar surface area (TPSA) is 90.3 Å². The first kappa shape index (κ1) is 23.9. The Morgan fingerprint density at radius 2 is 1.97 bits per heavy atom. The highest BCUT2D eigenvalue weighted by Gasteiger charge is 2.48. The number of likely N-dealkylation sites (N-methyl/N-ethyl adjacent to an activating group) is 2. The monoisotopic (exact) mass is 468 g/mol. The molecule has 2 atom stereocenters. The summed E-state index contributed by atoms with van der Waals surface area (Å²) in [6.07, 6.45) is 0.990. The highest BCUT2D eigenvalue weighted by molar-refractivity contribution is 6.02. The summed E-state index contributed by atoms with van der Waals surface area (Å²) in [5.41, 5.74) is 2.35. The molecule has 0 radical (unpaired) electrons. The number of imide groups is 1. The second-order valence-electron chi connectivity index (χ2n) is 8.70. The summed E-state index contributed by atoms with van der Waals surface area (Å²) in [5, 5.41) is 0. The Bertz CT molecular complexity index is 1000. The average molecular weight is 469 g/mol. The Morgan fingerprint density at radius 1 is 1.24 bits per heavy atom. The average Bonchev–Trinajstić information content (AvgIpc) is 3.22. The number of hydrogen-bond acceptors (Lipinski definition) is 8. The van der Waals surface area contributed by atoms with E-state index in [0.717, 1.165) is 48.9 Å². The fraction of sp³-hybridized carbons (Fsp3) is 0.500. The number of hydrogen-bond donors (Lipinski definition) is 0. The van der Waals surface area contributed by atoms with E-state index in [1.165, 1.54) is 11.9 Å². The molecule has 3 heterocycles. The molecule has 1 aromatic carbocycles. The Hall–Kier alpha value is -3.24. The lowest BCUT2D eigenvalue weighted by atomic mass is 10.1. The highest BCUT2D eigenvalue weighted by atomic mass is 16.5. The fourth-order valence-electron chi connectivity index (χ4n) is 4.30. The summed E-state index contributed by atoms with van der Waals surface area (Å²) >= 11 is 0. The standard InChI is InChI=1S/C24H32N6O4/c1-17-7-5-6-8-19(17)22(34-14-11-29-9-12-33-13-10-29)26-18(2)15-30-21-20(27(3)16-25-21)23(31)28(4)24(30)32/h5-8,16,20-21H,2,9-15H2,1,3-4H3. The predicted octanol–water partition coefficient (Wildman–Crippen LogP) is 1.17. The fourth-order valence-corrected chi connectivity index (χ4v) is 4.30. The van der Waals surface area contributed by atoms with Crippen molar-refractivity contribution in [3.63, 3.8) is 0 Å². The maximum Gasteiger partial charge on any atom is 0.328 e. The molecule has 2 saturated heterocycles. The number of benzene rings is 1. The highest BCUT2D eigenvalue weighted by Crippen LogP contribution is 2.25. The van der Waals surface area contributed by atoms with Crippen LogP contribution in [0.3, 0.4) is 0 Å². The van der Waals surface area contributed by atoms with E-state index < -0.39 is 18.2 Å². The largest absolute Gasteiger partial charge is 0.476 e. The molecule has 1 aromatic rings. The molecule has 4 rings (SSSR count). The number of aryl methyl sites for hydroxylation is 1. The van der Waals surface area contributed by atoms with Crippen LogP contribution >= 0.6 is 0 Å². The Balaban J connectivity index is 1.50. The second-order valence-corrected chi connectivity index (χ2v) is 8.70. The molecule has 0 N–H and O–H groups in total. The SMILES string of the molecule is C=C(CN1C(=O)N(C)C(=O)C2C1N=CN2C)N=C(OCCN1CCOCC1)c1ccccc1C. The minimum atomic E-state index is -0.600. The van der Waals surface area contributed by atoms with Crippen molar-refractivity contribution >= 4 is 24.2 Å². The number of ether oxygens (including phenoxy) is 2. The van der Waals surface area contributed by atoms with E-state index >= 15 is 0 Å². The lowest BCUT2D eigenvalue weighted by Gasteiger charge is -2.40. The Kier molecular flexibility index (Phi) is 7.28. The molecule has 2 unspecified atom stereocenters. The first-order valence-electron chi connectivity index (χ1n) is 11.5. The van der Waals surface area contributed by atoms with Gasteiger partial charge in [0, 0.05) is 39.3 Å². The molecular weight excluding hydrogens is 436 g/mol. The predicted molar refractivity (Wildman–Crippen MR) is 129 cm³/mol. The van der Waals surface area contributed by atoms with Gasteiger partial charge in [0.2, 0.25) is 5.90 Å². The van der Waals surface area contributed by atoms with Crippen LogP contribution in [0.15, 0.2) is 46.5 Å². The van der Waals surface area contributed by atoms with Gasteiger partial charge in [-0.1, -0.05) is 24.8 Å². The van der Waals surface area contributed by atoms with E-state index in [1.807, 2.05) is 31.2 Å². The number of fused-ring (bicyclic) bond motifs is 1. The minimum Gasteiger partial charge on any atom is -0.476 e. The smallest absolute Gasteiger partial charge is 0.328 e. The normalized spacial score (nSPS) is 23.5. The first-order valence-corrected chi connectivity index (χ1v) is 11.5. The molecule has 3 amide bonds. The second kappa shape index (κ2) is 10.4. The van der Waals surface area contributed by atoms with Gasteiger partial charge in [0.1, 0.15) is 6.61 Å². The zero-order valence-corrected chi connectivity index (χ0v) is 20.0. The van der Waals surface area contributed by atoms with Crippen molar-refractivity contribution in [2.45, 2.75) is 19.1 Å². The molecule has 0 saturated carbocycles. The third-order valence-corrected chi connectivity index (χ3v) is 6.30. The van der Waals surface area contributed by atoms with E-state index in [0.29, 0.717) is 18.2 Å². The maximum absolute atomic E-state index is 12.9. The third-order valence-electron chi connectivity index (χ3n) is 6.30. The van der Waals surface area contributed by atoms with Gasteiger partial charge in [-0.25, -0.2) is 14.8 Å². The van der Waals surface area contributed by atoms with E-state index in [9.17, 15) is 9.59 Å². The summed E-state index contributed by atoms with van der Waals surface area (Å²) in [7, 11) is 3.26. The van der Waals surface area contributed by atoms with Crippen molar-refractivity contribution in [3.8, 4) is 0 Å². The van der Waals surface area contributed by atoms with Gasteiger partial charge in [-0.3, -0.25) is 19.5 Å². The summed E-state index contributed by atoms with van der Waals surface area (Å²) < 4.78 is 11.6. The molecule has 0 aliphatic carbocycles. The number of amides is 3. The number of urea groups is 1. The van der Waals surface area contributed by atoms with Gasteiger partial charge in [0.25, 0.3) is 5.91 Å². The van der Waals surface area contributed by atoms with Crippen molar-refractivity contribution in [1.82, 2.24) is 19.6 Å². The number of rotatable bonds is 7. The van der Waals surface area contributed by atoms with Crippen LogP contribution in [0.1, 0.15) is 11.1 Å². The van der Waals surface area contributed by atoms with Gasteiger partial charge < -0.3 is 14.4 Å². The molecule has 3 aliphatic rings. The zero-order chi connectivity index (χ0) is 24.2. The zero-order valence-electron chi connectivity index (χ0n) is 20.0. The molecule has 0 spiro atoms. The Morgan fingerprint density at radius 3 is 2.71 bits per heavy atom. The van der Waals surface area contributed by atoms with Crippen LogP contribution < -0.4 is 0 Å². The summed E-state index contributed by atoms with van der Waals surface area (Å²) in [4.78, 5) is 41.2. The van der Waals surface area contributed by atoms with Gasteiger partial charge >= 0.3 is 6.03 Å². The van der Waals surface area contributed by atoms with Crippen LogP contribution in [0.25, 0.3) is 0 Å². The van der Waals surface area contributed by atoms with Gasteiger partial charge in [0.05, 0.1) is 31.8 Å². The van der Waals surface area contributed by atoms with Gasteiger partial charge in [-0.15, -0.1) is 0 Å². The Labute approximate surface area is 200 Å². The molecule has 0 aromatic heterocycles. The van der Waals surface area contributed by atoms with Gasteiger partial charge in [-0.2, -0.15) is 0 Å². The minimum absolute atomic E-state index is 0.130. The summed E-state index contributed by atoms with van der Waals surface area (Å²) in [5.74, 6) is 0.196. The van der Waals surface area contributed by atoms with Crippen LogP contribution in [0.4, 0.5) is 4.79 Å². The van der Waals surface area contributed by atoms with Crippen LogP contribution in [-0.4, -0.2) is 116 Å². The van der Waals surface area contributed by atoms with E-state index in [1.54, 1.807) is 18.3 Å².